The highest BCUT2D eigenvalue weighted by molar-refractivity contribution is 5.95. The number of hydrogen-bond acceptors (Lipinski definition) is 4. The van der Waals surface area contributed by atoms with E-state index in [0.29, 0.717) is 13.1 Å². The third-order valence-corrected chi connectivity index (χ3v) is 3.68. The minimum atomic E-state index is -0.294. The molecule has 1 atom stereocenters. The molecule has 2 amide bonds. The van der Waals surface area contributed by atoms with Gasteiger partial charge in [-0.3, -0.25) is 9.59 Å². The third kappa shape index (κ3) is 3.60. The van der Waals surface area contributed by atoms with Crippen molar-refractivity contribution in [3.8, 4) is 0 Å². The van der Waals surface area contributed by atoms with Crippen molar-refractivity contribution in [2.45, 2.75) is 13.0 Å². The summed E-state index contributed by atoms with van der Waals surface area (Å²) in [5.41, 5.74) is 1.94. The van der Waals surface area contributed by atoms with Gasteiger partial charge >= 0.3 is 0 Å². The first-order valence-electron chi connectivity index (χ1n) is 7.44. The fourth-order valence-corrected chi connectivity index (χ4v) is 2.50. The summed E-state index contributed by atoms with van der Waals surface area (Å²) >= 11 is 0. The number of ether oxygens (including phenoxy) is 1. The van der Waals surface area contributed by atoms with Gasteiger partial charge in [0.15, 0.2) is 5.76 Å². The first-order chi connectivity index (χ1) is 11.1. The zero-order valence-electron chi connectivity index (χ0n) is 12.8. The van der Waals surface area contributed by atoms with E-state index < -0.39 is 0 Å². The van der Waals surface area contributed by atoms with E-state index in [9.17, 15) is 9.59 Å². The van der Waals surface area contributed by atoms with Crippen molar-refractivity contribution in [1.29, 1.82) is 0 Å². The average molecular weight is 314 g/mol. The van der Waals surface area contributed by atoms with Gasteiger partial charge in [-0.2, -0.15) is 0 Å². The lowest BCUT2D eigenvalue weighted by Crippen LogP contribution is -2.50. The molecule has 1 aliphatic rings. The highest BCUT2D eigenvalue weighted by Gasteiger charge is 2.28. The Labute approximate surface area is 134 Å². The van der Waals surface area contributed by atoms with E-state index >= 15 is 0 Å². The van der Waals surface area contributed by atoms with E-state index in [0.717, 1.165) is 11.3 Å². The summed E-state index contributed by atoms with van der Waals surface area (Å²) in [4.78, 5) is 25.6. The maximum absolute atomic E-state index is 12.1. The van der Waals surface area contributed by atoms with Crippen LogP contribution in [-0.2, 0) is 9.53 Å². The Morgan fingerprint density at radius 3 is 2.96 bits per heavy atom. The van der Waals surface area contributed by atoms with Gasteiger partial charge in [-0.1, -0.05) is 12.1 Å². The number of amides is 2. The molecule has 120 valence electrons. The molecule has 0 radical (unpaired) electrons. The topological polar surface area (TPSA) is 71.8 Å². The van der Waals surface area contributed by atoms with Crippen LogP contribution in [0.4, 0.5) is 5.69 Å². The Hall–Kier alpha value is -2.60. The predicted octanol–water partition coefficient (Wildman–Crippen LogP) is 1.75. The molecule has 3 rings (SSSR count). The number of nitrogens with zero attached hydrogens (tertiary/aromatic N) is 1. The van der Waals surface area contributed by atoms with Crippen molar-refractivity contribution in [1.82, 2.24) is 5.32 Å². The second-order valence-electron chi connectivity index (χ2n) is 5.46. The fraction of sp³-hybridized carbons (Fsp3) is 0.294. The van der Waals surface area contributed by atoms with Crippen molar-refractivity contribution < 1.29 is 18.7 Å². The molecule has 1 N–H and O–H groups in total. The molecule has 1 unspecified atom stereocenters. The summed E-state index contributed by atoms with van der Waals surface area (Å²) in [5.74, 6) is -0.116. The van der Waals surface area contributed by atoms with Gasteiger partial charge in [0.2, 0.25) is 0 Å². The lowest BCUT2D eigenvalue weighted by molar-refractivity contribution is -0.129. The fourth-order valence-electron chi connectivity index (χ4n) is 2.50. The van der Waals surface area contributed by atoms with E-state index in [1.165, 1.54) is 6.26 Å². The molecule has 2 aromatic rings. The summed E-state index contributed by atoms with van der Waals surface area (Å²) in [6, 6.07) is 11.0. The molecule has 0 aliphatic carbocycles. The van der Waals surface area contributed by atoms with Crippen LogP contribution in [0.3, 0.4) is 0 Å². The summed E-state index contributed by atoms with van der Waals surface area (Å²) in [7, 11) is 0. The molecule has 0 spiro atoms. The predicted molar refractivity (Wildman–Crippen MR) is 84.3 cm³/mol. The molecule has 1 fully saturated rings. The van der Waals surface area contributed by atoms with Crippen molar-refractivity contribution in [3.05, 3.63) is 54.0 Å². The summed E-state index contributed by atoms with van der Waals surface area (Å²) in [6.07, 6.45) is 1.19. The normalized spacial score (nSPS) is 18.0. The number of aryl methyl sites for hydroxylation is 1. The molecule has 2 heterocycles. The second-order valence-corrected chi connectivity index (χ2v) is 5.46. The Kier molecular flexibility index (Phi) is 4.43. The van der Waals surface area contributed by atoms with Gasteiger partial charge in [0.25, 0.3) is 11.8 Å². The van der Waals surface area contributed by atoms with Gasteiger partial charge in [0.1, 0.15) is 6.61 Å². The average Bonchev–Trinajstić information content (AvgIpc) is 3.08. The van der Waals surface area contributed by atoms with Crippen LogP contribution in [0.1, 0.15) is 16.1 Å². The minimum absolute atomic E-state index is 0.00916. The van der Waals surface area contributed by atoms with Crippen molar-refractivity contribution in [2.75, 3.05) is 24.6 Å². The minimum Gasteiger partial charge on any atom is -0.459 e. The molecule has 6 heteroatoms. The van der Waals surface area contributed by atoms with E-state index in [-0.39, 0.29) is 30.3 Å². The van der Waals surface area contributed by atoms with Gasteiger partial charge in [-0.15, -0.1) is 0 Å². The quantitative estimate of drug-likeness (QED) is 0.933. The Morgan fingerprint density at radius 2 is 2.22 bits per heavy atom. The van der Waals surface area contributed by atoms with E-state index in [2.05, 4.69) is 5.32 Å². The van der Waals surface area contributed by atoms with E-state index in [1.54, 1.807) is 17.0 Å². The second kappa shape index (κ2) is 6.66. The van der Waals surface area contributed by atoms with Gasteiger partial charge in [-0.25, -0.2) is 0 Å². The van der Waals surface area contributed by atoms with Crippen LogP contribution in [0.2, 0.25) is 0 Å². The van der Waals surface area contributed by atoms with Crippen LogP contribution in [0, 0.1) is 6.92 Å². The smallest absolute Gasteiger partial charge is 0.287 e. The molecule has 1 aromatic heterocycles. The number of anilines is 1. The van der Waals surface area contributed by atoms with Gasteiger partial charge < -0.3 is 19.4 Å². The highest BCUT2D eigenvalue weighted by atomic mass is 16.5. The zero-order valence-corrected chi connectivity index (χ0v) is 12.8. The number of carbonyl (C=O) groups is 2. The number of hydrogen-bond donors (Lipinski definition) is 1. The monoisotopic (exact) mass is 314 g/mol. The Morgan fingerprint density at radius 1 is 1.35 bits per heavy atom. The third-order valence-electron chi connectivity index (χ3n) is 3.68. The van der Waals surface area contributed by atoms with Crippen LogP contribution in [-0.4, -0.2) is 37.6 Å². The van der Waals surface area contributed by atoms with Gasteiger partial charge in [0.05, 0.1) is 18.9 Å². The summed E-state index contributed by atoms with van der Waals surface area (Å²) in [6.45, 7) is 2.71. The number of furan rings is 1. The van der Waals surface area contributed by atoms with Gasteiger partial charge in [0, 0.05) is 12.2 Å². The molecule has 0 bridgehead atoms. The SMILES string of the molecule is Cc1cccc(N2CC(CNC(=O)c3ccco3)OCC2=O)c1. The molecular formula is C17H18N2O4. The summed E-state index contributed by atoms with van der Waals surface area (Å²) in [5, 5.41) is 2.76. The van der Waals surface area contributed by atoms with Crippen LogP contribution in [0.15, 0.2) is 47.1 Å². The van der Waals surface area contributed by atoms with Crippen LogP contribution in [0.5, 0.6) is 0 Å². The maximum Gasteiger partial charge on any atom is 0.287 e. The molecule has 1 saturated heterocycles. The standard InChI is InChI=1S/C17H18N2O4/c1-12-4-2-5-13(8-12)19-10-14(23-11-16(19)20)9-18-17(21)15-6-3-7-22-15/h2-8,14H,9-11H2,1H3,(H,18,21). The van der Waals surface area contributed by atoms with Crippen molar-refractivity contribution in [2.24, 2.45) is 0 Å². The van der Waals surface area contributed by atoms with Crippen LogP contribution < -0.4 is 10.2 Å². The Bertz CT molecular complexity index is 696. The van der Waals surface area contributed by atoms with E-state index in [1.807, 2.05) is 31.2 Å². The van der Waals surface area contributed by atoms with E-state index in [4.69, 9.17) is 9.15 Å². The lowest BCUT2D eigenvalue weighted by atomic mass is 10.1. The molecule has 0 saturated carbocycles. The molecular weight excluding hydrogens is 296 g/mol. The van der Waals surface area contributed by atoms with Crippen LogP contribution >= 0.6 is 0 Å². The number of rotatable bonds is 4. The molecule has 6 nitrogen and oxygen atoms in total. The van der Waals surface area contributed by atoms with Crippen molar-refractivity contribution in [3.63, 3.8) is 0 Å². The van der Waals surface area contributed by atoms with Crippen LogP contribution in [0.25, 0.3) is 0 Å². The Balaban J connectivity index is 1.61. The largest absolute Gasteiger partial charge is 0.459 e. The summed E-state index contributed by atoms with van der Waals surface area (Å²) < 4.78 is 10.5. The lowest BCUT2D eigenvalue weighted by Gasteiger charge is -2.33. The highest BCUT2D eigenvalue weighted by Crippen LogP contribution is 2.19. The van der Waals surface area contributed by atoms with Gasteiger partial charge in [-0.05, 0) is 36.8 Å². The number of benzene rings is 1. The molecule has 1 aromatic carbocycles. The maximum atomic E-state index is 12.1. The zero-order chi connectivity index (χ0) is 16.2. The molecule has 23 heavy (non-hydrogen) atoms. The first kappa shape index (κ1) is 15.3. The number of morpholine rings is 1. The first-order valence-corrected chi connectivity index (χ1v) is 7.44. The number of nitrogens with one attached hydrogen (secondary N) is 1. The molecule has 1 aliphatic heterocycles. The van der Waals surface area contributed by atoms with Crippen molar-refractivity contribution >= 4 is 17.5 Å². The number of carbonyl (C=O) groups excluding carboxylic acids is 2.